The average Bonchev–Trinajstić information content (AvgIpc) is 2.46. The van der Waals surface area contributed by atoms with Crippen molar-refractivity contribution in [1.29, 1.82) is 0 Å². The van der Waals surface area contributed by atoms with Gasteiger partial charge in [0.1, 0.15) is 5.82 Å². The van der Waals surface area contributed by atoms with Gasteiger partial charge in [0.15, 0.2) is 0 Å². The molecule has 0 aliphatic heterocycles. The molecule has 0 atom stereocenters. The third-order valence-electron chi connectivity index (χ3n) is 2.92. The standard InChI is InChI=1S/C15H20N4/c1-3-16-11-13-7-6-10-18-15(13)19(2)12-14-8-4-5-9-17-14/h4-10,16H,3,11-12H2,1-2H3. The summed E-state index contributed by atoms with van der Waals surface area (Å²) in [5.74, 6) is 1.01. The van der Waals surface area contributed by atoms with Crippen molar-refractivity contribution in [2.24, 2.45) is 0 Å². The molecule has 0 amide bonds. The Bertz CT molecular complexity index is 499. The molecule has 2 rings (SSSR count). The van der Waals surface area contributed by atoms with E-state index in [-0.39, 0.29) is 0 Å². The lowest BCUT2D eigenvalue weighted by Gasteiger charge is -2.20. The number of pyridine rings is 2. The van der Waals surface area contributed by atoms with E-state index in [0.29, 0.717) is 0 Å². The molecule has 19 heavy (non-hydrogen) atoms. The normalized spacial score (nSPS) is 10.4. The van der Waals surface area contributed by atoms with Crippen LogP contribution in [0.1, 0.15) is 18.2 Å². The van der Waals surface area contributed by atoms with Crippen molar-refractivity contribution in [2.45, 2.75) is 20.0 Å². The third kappa shape index (κ3) is 3.76. The first-order valence-corrected chi connectivity index (χ1v) is 6.57. The summed E-state index contributed by atoms with van der Waals surface area (Å²) in [5, 5.41) is 3.34. The SMILES string of the molecule is CCNCc1cccnc1N(C)Cc1ccccn1. The van der Waals surface area contributed by atoms with E-state index in [0.717, 1.165) is 31.1 Å². The lowest BCUT2D eigenvalue weighted by Crippen LogP contribution is -2.22. The fraction of sp³-hybridized carbons (Fsp3) is 0.333. The van der Waals surface area contributed by atoms with Crippen LogP contribution < -0.4 is 10.2 Å². The number of rotatable bonds is 6. The van der Waals surface area contributed by atoms with Crippen LogP contribution in [-0.4, -0.2) is 23.6 Å². The van der Waals surface area contributed by atoms with Crippen molar-refractivity contribution in [3.05, 3.63) is 54.0 Å². The van der Waals surface area contributed by atoms with E-state index in [1.54, 1.807) is 0 Å². The molecule has 0 bridgehead atoms. The zero-order valence-electron chi connectivity index (χ0n) is 11.5. The maximum atomic E-state index is 4.49. The molecule has 0 saturated carbocycles. The molecule has 0 aromatic carbocycles. The van der Waals surface area contributed by atoms with Crippen LogP contribution in [0.2, 0.25) is 0 Å². The summed E-state index contributed by atoms with van der Waals surface area (Å²) in [6.45, 7) is 4.66. The minimum atomic E-state index is 0.761. The van der Waals surface area contributed by atoms with Gasteiger partial charge in [-0.1, -0.05) is 19.1 Å². The molecule has 100 valence electrons. The van der Waals surface area contributed by atoms with Gasteiger partial charge in [-0.15, -0.1) is 0 Å². The summed E-state index contributed by atoms with van der Waals surface area (Å²) in [6, 6.07) is 10.1. The van der Waals surface area contributed by atoms with E-state index in [1.165, 1.54) is 5.56 Å². The third-order valence-corrected chi connectivity index (χ3v) is 2.92. The van der Waals surface area contributed by atoms with Crippen molar-refractivity contribution in [3.8, 4) is 0 Å². The van der Waals surface area contributed by atoms with Gasteiger partial charge in [-0.25, -0.2) is 4.98 Å². The van der Waals surface area contributed by atoms with E-state index in [1.807, 2.05) is 43.7 Å². The maximum absolute atomic E-state index is 4.49. The van der Waals surface area contributed by atoms with Crippen LogP contribution in [-0.2, 0) is 13.1 Å². The molecule has 2 aromatic heterocycles. The molecule has 0 saturated heterocycles. The zero-order chi connectivity index (χ0) is 13.5. The zero-order valence-corrected chi connectivity index (χ0v) is 11.5. The van der Waals surface area contributed by atoms with Crippen molar-refractivity contribution in [3.63, 3.8) is 0 Å². The molecule has 0 aliphatic rings. The van der Waals surface area contributed by atoms with Gasteiger partial charge in [-0.05, 0) is 24.7 Å². The van der Waals surface area contributed by atoms with Crippen molar-refractivity contribution in [1.82, 2.24) is 15.3 Å². The van der Waals surface area contributed by atoms with E-state index >= 15 is 0 Å². The van der Waals surface area contributed by atoms with Crippen LogP contribution in [0.3, 0.4) is 0 Å². The molecule has 4 nitrogen and oxygen atoms in total. The fourth-order valence-corrected chi connectivity index (χ4v) is 1.98. The maximum Gasteiger partial charge on any atom is 0.133 e. The van der Waals surface area contributed by atoms with Gasteiger partial charge in [0, 0.05) is 31.5 Å². The molecule has 1 N–H and O–H groups in total. The lowest BCUT2D eigenvalue weighted by atomic mass is 10.2. The van der Waals surface area contributed by atoms with Crippen LogP contribution >= 0.6 is 0 Å². The highest BCUT2D eigenvalue weighted by Gasteiger charge is 2.09. The molecular weight excluding hydrogens is 236 g/mol. The number of nitrogens with one attached hydrogen (secondary N) is 1. The first-order chi connectivity index (χ1) is 9.31. The van der Waals surface area contributed by atoms with Crippen LogP contribution in [0.25, 0.3) is 0 Å². The predicted octanol–water partition coefficient (Wildman–Crippen LogP) is 2.22. The first-order valence-electron chi connectivity index (χ1n) is 6.57. The van der Waals surface area contributed by atoms with Crippen LogP contribution in [0.4, 0.5) is 5.82 Å². The summed E-state index contributed by atoms with van der Waals surface area (Å²) in [4.78, 5) is 11.0. The molecule has 0 spiro atoms. The van der Waals surface area contributed by atoms with E-state index in [9.17, 15) is 0 Å². The number of aromatic nitrogens is 2. The molecule has 2 heterocycles. The van der Waals surface area contributed by atoms with Crippen molar-refractivity contribution < 1.29 is 0 Å². The highest BCUT2D eigenvalue weighted by molar-refractivity contribution is 5.46. The number of nitrogens with zero attached hydrogens (tertiary/aromatic N) is 3. The predicted molar refractivity (Wildman–Crippen MR) is 78.0 cm³/mol. The highest BCUT2D eigenvalue weighted by Crippen LogP contribution is 2.17. The van der Waals surface area contributed by atoms with Crippen LogP contribution in [0, 0.1) is 0 Å². The Labute approximate surface area is 114 Å². The van der Waals surface area contributed by atoms with Crippen molar-refractivity contribution >= 4 is 5.82 Å². The Morgan fingerprint density at radius 2 is 1.95 bits per heavy atom. The smallest absolute Gasteiger partial charge is 0.133 e. The van der Waals surface area contributed by atoms with E-state index in [2.05, 4.69) is 33.2 Å². The minimum Gasteiger partial charge on any atom is -0.354 e. The second-order valence-electron chi connectivity index (χ2n) is 4.44. The van der Waals surface area contributed by atoms with Gasteiger partial charge in [0.05, 0.1) is 12.2 Å². The number of hydrogen-bond donors (Lipinski definition) is 1. The molecular formula is C15H20N4. The summed E-state index contributed by atoms with van der Waals surface area (Å²) in [7, 11) is 2.05. The molecule has 4 heteroatoms. The fourth-order valence-electron chi connectivity index (χ4n) is 1.98. The number of hydrogen-bond acceptors (Lipinski definition) is 4. The Morgan fingerprint density at radius 3 is 2.68 bits per heavy atom. The van der Waals surface area contributed by atoms with Crippen LogP contribution in [0.5, 0.6) is 0 Å². The van der Waals surface area contributed by atoms with Crippen LogP contribution in [0.15, 0.2) is 42.7 Å². The van der Waals surface area contributed by atoms with Gasteiger partial charge in [0.2, 0.25) is 0 Å². The lowest BCUT2D eigenvalue weighted by molar-refractivity contribution is 0.718. The Hall–Kier alpha value is -1.94. The highest BCUT2D eigenvalue weighted by atomic mass is 15.2. The van der Waals surface area contributed by atoms with Gasteiger partial charge >= 0.3 is 0 Å². The molecule has 0 fully saturated rings. The molecule has 2 aromatic rings. The quantitative estimate of drug-likeness (QED) is 0.860. The number of anilines is 1. The van der Waals surface area contributed by atoms with Gasteiger partial charge in [-0.3, -0.25) is 4.98 Å². The second kappa shape index (κ2) is 6.85. The summed E-state index contributed by atoms with van der Waals surface area (Å²) < 4.78 is 0. The molecule has 0 unspecified atom stereocenters. The summed E-state index contributed by atoms with van der Waals surface area (Å²) in [6.07, 6.45) is 3.65. The molecule has 0 radical (unpaired) electrons. The Kier molecular flexibility index (Phi) is 4.86. The monoisotopic (exact) mass is 256 g/mol. The molecule has 0 aliphatic carbocycles. The van der Waals surface area contributed by atoms with E-state index in [4.69, 9.17) is 0 Å². The summed E-state index contributed by atoms with van der Waals surface area (Å²) >= 11 is 0. The van der Waals surface area contributed by atoms with Gasteiger partial charge in [0.25, 0.3) is 0 Å². The minimum absolute atomic E-state index is 0.761. The summed E-state index contributed by atoms with van der Waals surface area (Å²) in [5.41, 5.74) is 2.26. The topological polar surface area (TPSA) is 41.1 Å². The van der Waals surface area contributed by atoms with Gasteiger partial charge in [-0.2, -0.15) is 0 Å². The first kappa shape index (κ1) is 13.5. The Balaban J connectivity index is 2.12. The van der Waals surface area contributed by atoms with Crippen molar-refractivity contribution in [2.75, 3.05) is 18.5 Å². The second-order valence-corrected chi connectivity index (χ2v) is 4.44. The Morgan fingerprint density at radius 1 is 1.11 bits per heavy atom. The van der Waals surface area contributed by atoms with Gasteiger partial charge < -0.3 is 10.2 Å². The van der Waals surface area contributed by atoms with E-state index < -0.39 is 0 Å². The average molecular weight is 256 g/mol. The largest absolute Gasteiger partial charge is 0.354 e.